The van der Waals surface area contributed by atoms with Crippen LogP contribution in [0.4, 0.5) is 0 Å². The van der Waals surface area contributed by atoms with Crippen molar-refractivity contribution in [2.75, 3.05) is 0 Å². The Morgan fingerprint density at radius 2 is 2.20 bits per heavy atom. The average Bonchev–Trinajstić information content (AvgIpc) is 2.42. The van der Waals surface area contributed by atoms with E-state index in [1.807, 2.05) is 11.7 Å². The molecule has 2 N–H and O–H groups in total. The fourth-order valence-electron chi connectivity index (χ4n) is 2.15. The van der Waals surface area contributed by atoms with Crippen LogP contribution in [0.5, 0.6) is 0 Å². The third-order valence-corrected chi connectivity index (χ3v) is 4.29. The summed E-state index contributed by atoms with van der Waals surface area (Å²) in [5, 5.41) is 4.49. The van der Waals surface area contributed by atoms with E-state index < -0.39 is 0 Å². The van der Waals surface area contributed by atoms with Crippen molar-refractivity contribution in [2.24, 2.45) is 12.8 Å². The van der Waals surface area contributed by atoms with Gasteiger partial charge in [-0.15, -0.1) is 0 Å². The van der Waals surface area contributed by atoms with Crippen molar-refractivity contribution in [2.45, 2.75) is 44.6 Å². The number of halogens is 1. The van der Waals surface area contributed by atoms with E-state index in [2.05, 4.69) is 28.0 Å². The molecule has 0 aliphatic heterocycles. The minimum Gasteiger partial charge on any atom is -0.325 e. The quantitative estimate of drug-likeness (QED) is 0.916. The maximum absolute atomic E-state index is 6.26. The van der Waals surface area contributed by atoms with Crippen LogP contribution in [-0.2, 0) is 19.9 Å². The van der Waals surface area contributed by atoms with Crippen molar-refractivity contribution in [3.63, 3.8) is 0 Å². The number of nitrogens with two attached hydrogens (primary N) is 1. The van der Waals surface area contributed by atoms with E-state index in [4.69, 9.17) is 5.73 Å². The Morgan fingerprint density at radius 3 is 2.60 bits per heavy atom. The SMILES string of the molecule is CCc1nn(C)c(CC2(N)CCC2)c1Br. The highest BCUT2D eigenvalue weighted by molar-refractivity contribution is 9.10. The molecule has 2 rings (SSSR count). The molecule has 0 aromatic carbocycles. The summed E-state index contributed by atoms with van der Waals surface area (Å²) >= 11 is 3.63. The van der Waals surface area contributed by atoms with Crippen LogP contribution in [0, 0.1) is 0 Å². The Balaban J connectivity index is 2.23. The summed E-state index contributed by atoms with van der Waals surface area (Å²) < 4.78 is 3.12. The molecule has 1 aliphatic carbocycles. The Bertz CT molecular complexity index is 366. The molecule has 0 radical (unpaired) electrons. The second kappa shape index (κ2) is 3.91. The summed E-state index contributed by atoms with van der Waals surface area (Å²) in [6, 6.07) is 0. The Labute approximate surface area is 99.2 Å². The lowest BCUT2D eigenvalue weighted by Crippen LogP contribution is -2.48. The summed E-state index contributed by atoms with van der Waals surface area (Å²) in [6.07, 6.45) is 5.47. The Hall–Kier alpha value is -0.350. The van der Waals surface area contributed by atoms with E-state index >= 15 is 0 Å². The van der Waals surface area contributed by atoms with Gasteiger partial charge in [0.1, 0.15) is 0 Å². The third-order valence-electron chi connectivity index (χ3n) is 3.37. The number of aryl methyl sites for hydroxylation is 2. The molecule has 0 bridgehead atoms. The highest BCUT2D eigenvalue weighted by Gasteiger charge is 2.34. The highest BCUT2D eigenvalue weighted by atomic mass is 79.9. The highest BCUT2D eigenvalue weighted by Crippen LogP contribution is 2.34. The first kappa shape index (κ1) is 11.1. The maximum atomic E-state index is 6.26. The first-order valence-electron chi connectivity index (χ1n) is 5.55. The van der Waals surface area contributed by atoms with Crippen LogP contribution in [0.15, 0.2) is 4.47 Å². The number of hydrogen-bond donors (Lipinski definition) is 1. The van der Waals surface area contributed by atoms with Gasteiger partial charge in [-0.25, -0.2) is 0 Å². The normalized spacial score (nSPS) is 18.9. The van der Waals surface area contributed by atoms with Crippen molar-refractivity contribution in [3.05, 3.63) is 15.9 Å². The second-order valence-electron chi connectivity index (χ2n) is 4.58. The van der Waals surface area contributed by atoms with Crippen molar-refractivity contribution >= 4 is 15.9 Å². The van der Waals surface area contributed by atoms with E-state index in [1.165, 1.54) is 12.1 Å². The lowest BCUT2D eigenvalue weighted by molar-refractivity contribution is 0.243. The number of nitrogens with zero attached hydrogens (tertiary/aromatic N) is 2. The topological polar surface area (TPSA) is 43.8 Å². The Morgan fingerprint density at radius 1 is 1.53 bits per heavy atom. The van der Waals surface area contributed by atoms with Gasteiger partial charge in [0, 0.05) is 19.0 Å². The molecule has 0 saturated heterocycles. The number of rotatable bonds is 3. The zero-order valence-electron chi connectivity index (χ0n) is 9.39. The van der Waals surface area contributed by atoms with Crippen LogP contribution in [0.25, 0.3) is 0 Å². The largest absolute Gasteiger partial charge is 0.325 e. The molecule has 0 amide bonds. The van der Waals surface area contributed by atoms with Crippen LogP contribution in [-0.4, -0.2) is 15.3 Å². The first-order valence-corrected chi connectivity index (χ1v) is 6.34. The molecule has 4 heteroatoms. The average molecular weight is 272 g/mol. The zero-order valence-corrected chi connectivity index (χ0v) is 11.0. The summed E-state index contributed by atoms with van der Waals surface area (Å²) in [6.45, 7) is 2.12. The molecule has 1 heterocycles. The molecular weight excluding hydrogens is 254 g/mol. The van der Waals surface area contributed by atoms with Crippen molar-refractivity contribution in [3.8, 4) is 0 Å². The van der Waals surface area contributed by atoms with E-state index in [9.17, 15) is 0 Å². The van der Waals surface area contributed by atoms with E-state index in [0.29, 0.717) is 0 Å². The molecule has 1 fully saturated rings. The number of hydrogen-bond acceptors (Lipinski definition) is 2. The third kappa shape index (κ3) is 1.97. The molecule has 1 saturated carbocycles. The smallest absolute Gasteiger partial charge is 0.0766 e. The van der Waals surface area contributed by atoms with Crippen LogP contribution < -0.4 is 5.73 Å². The molecule has 0 spiro atoms. The van der Waals surface area contributed by atoms with Gasteiger partial charge in [0.25, 0.3) is 0 Å². The lowest BCUT2D eigenvalue weighted by Gasteiger charge is -2.38. The van der Waals surface area contributed by atoms with Crippen LogP contribution in [0.2, 0.25) is 0 Å². The summed E-state index contributed by atoms with van der Waals surface area (Å²) in [7, 11) is 2.00. The number of aromatic nitrogens is 2. The molecule has 1 aliphatic rings. The maximum Gasteiger partial charge on any atom is 0.0766 e. The molecule has 0 unspecified atom stereocenters. The fraction of sp³-hybridized carbons (Fsp3) is 0.727. The molecule has 1 aromatic rings. The second-order valence-corrected chi connectivity index (χ2v) is 5.37. The van der Waals surface area contributed by atoms with Gasteiger partial charge in [-0.2, -0.15) is 5.10 Å². The molecule has 15 heavy (non-hydrogen) atoms. The van der Waals surface area contributed by atoms with Crippen molar-refractivity contribution < 1.29 is 0 Å². The minimum atomic E-state index is 0.0291. The predicted molar refractivity (Wildman–Crippen MR) is 64.8 cm³/mol. The molecule has 84 valence electrons. The summed E-state index contributed by atoms with van der Waals surface area (Å²) in [4.78, 5) is 0. The molecular formula is C11H18BrN3. The van der Waals surface area contributed by atoms with Gasteiger partial charge in [0.15, 0.2) is 0 Å². The van der Waals surface area contributed by atoms with Crippen LogP contribution >= 0.6 is 15.9 Å². The molecule has 3 nitrogen and oxygen atoms in total. The molecule has 0 atom stereocenters. The van der Waals surface area contributed by atoms with Gasteiger partial charge in [0.2, 0.25) is 0 Å². The molecule has 1 aromatic heterocycles. The van der Waals surface area contributed by atoms with E-state index in [1.54, 1.807) is 0 Å². The van der Waals surface area contributed by atoms with Gasteiger partial charge in [-0.05, 0) is 41.6 Å². The standard InChI is InChI=1S/C11H18BrN3/c1-3-8-10(12)9(15(2)14-8)7-11(13)5-4-6-11/h3-7,13H2,1-2H3. The van der Waals surface area contributed by atoms with E-state index in [-0.39, 0.29) is 5.54 Å². The lowest BCUT2D eigenvalue weighted by atomic mass is 9.74. The van der Waals surface area contributed by atoms with Crippen LogP contribution in [0.3, 0.4) is 0 Å². The monoisotopic (exact) mass is 271 g/mol. The van der Waals surface area contributed by atoms with Crippen molar-refractivity contribution in [1.82, 2.24) is 9.78 Å². The minimum absolute atomic E-state index is 0.0291. The van der Waals surface area contributed by atoms with Gasteiger partial charge >= 0.3 is 0 Å². The van der Waals surface area contributed by atoms with Gasteiger partial charge in [-0.1, -0.05) is 6.92 Å². The first-order chi connectivity index (χ1) is 7.06. The van der Waals surface area contributed by atoms with Gasteiger partial charge in [0.05, 0.1) is 15.9 Å². The predicted octanol–water partition coefficient (Wildman–Crippen LogP) is 2.17. The van der Waals surface area contributed by atoms with Gasteiger partial charge < -0.3 is 5.73 Å². The Kier molecular flexibility index (Phi) is 2.90. The van der Waals surface area contributed by atoms with E-state index in [0.717, 1.165) is 35.8 Å². The van der Waals surface area contributed by atoms with Gasteiger partial charge in [-0.3, -0.25) is 4.68 Å². The van der Waals surface area contributed by atoms with Crippen LogP contribution in [0.1, 0.15) is 37.6 Å². The van der Waals surface area contributed by atoms with Crippen molar-refractivity contribution in [1.29, 1.82) is 0 Å². The zero-order chi connectivity index (χ0) is 11.1. The summed E-state index contributed by atoms with van der Waals surface area (Å²) in [5.74, 6) is 0. The summed E-state index contributed by atoms with van der Waals surface area (Å²) in [5.41, 5.74) is 8.67. The fourth-order valence-corrected chi connectivity index (χ4v) is 2.91.